The molecule has 4 heteroatoms. The summed E-state index contributed by atoms with van der Waals surface area (Å²) in [7, 11) is 1.89. The van der Waals surface area contributed by atoms with Crippen LogP contribution in [0, 0.1) is 20.8 Å². The highest BCUT2D eigenvalue weighted by molar-refractivity contribution is 7.15. The van der Waals surface area contributed by atoms with E-state index in [0.717, 1.165) is 21.7 Å². The molecule has 1 aromatic carbocycles. The van der Waals surface area contributed by atoms with Crippen LogP contribution in [0.25, 0.3) is 21.7 Å². The van der Waals surface area contributed by atoms with Crippen molar-refractivity contribution in [2.45, 2.75) is 20.8 Å². The summed E-state index contributed by atoms with van der Waals surface area (Å²) in [5.74, 6) is 0.708. The minimum Gasteiger partial charge on any atom is -0.383 e. The largest absolute Gasteiger partial charge is 0.383 e. The number of hydrogen-bond acceptors (Lipinski definition) is 3. The molecular weight excluding hydrogens is 278 g/mol. The number of hydrogen-bond donors (Lipinski definition) is 1. The van der Waals surface area contributed by atoms with E-state index < -0.39 is 0 Å². The Balaban J connectivity index is 2.24. The SMILES string of the molecule is Cc1ccc(-c2nn(C)c(N)c2-c2ccc(C)c(C)c2)s1. The summed E-state index contributed by atoms with van der Waals surface area (Å²) in [5, 5.41) is 4.62. The van der Waals surface area contributed by atoms with E-state index in [4.69, 9.17) is 5.73 Å². The van der Waals surface area contributed by atoms with E-state index in [0.29, 0.717) is 5.82 Å². The van der Waals surface area contributed by atoms with Crippen LogP contribution in [0.1, 0.15) is 16.0 Å². The van der Waals surface area contributed by atoms with E-state index in [9.17, 15) is 0 Å². The molecule has 21 heavy (non-hydrogen) atoms. The molecule has 0 saturated carbocycles. The number of nitrogens with zero attached hydrogens (tertiary/aromatic N) is 2. The smallest absolute Gasteiger partial charge is 0.129 e. The van der Waals surface area contributed by atoms with Crippen LogP contribution in [0.15, 0.2) is 30.3 Å². The molecule has 0 amide bonds. The molecule has 0 bridgehead atoms. The summed E-state index contributed by atoms with van der Waals surface area (Å²) < 4.78 is 1.76. The van der Waals surface area contributed by atoms with Crippen molar-refractivity contribution in [2.24, 2.45) is 7.05 Å². The fraction of sp³-hybridized carbons (Fsp3) is 0.235. The van der Waals surface area contributed by atoms with Gasteiger partial charge < -0.3 is 5.73 Å². The summed E-state index contributed by atoms with van der Waals surface area (Å²) in [4.78, 5) is 2.44. The van der Waals surface area contributed by atoms with Crippen molar-refractivity contribution in [3.8, 4) is 21.7 Å². The van der Waals surface area contributed by atoms with Gasteiger partial charge in [-0.15, -0.1) is 11.3 Å². The molecule has 3 rings (SSSR count). The molecule has 3 nitrogen and oxygen atoms in total. The van der Waals surface area contributed by atoms with Crippen molar-refractivity contribution >= 4 is 17.2 Å². The first kappa shape index (κ1) is 13.9. The molecule has 3 aromatic rings. The van der Waals surface area contributed by atoms with Gasteiger partial charge in [0.05, 0.1) is 10.4 Å². The molecule has 2 heterocycles. The van der Waals surface area contributed by atoms with E-state index in [1.165, 1.54) is 16.0 Å². The van der Waals surface area contributed by atoms with Gasteiger partial charge in [0, 0.05) is 11.9 Å². The Hall–Kier alpha value is -2.07. The molecule has 0 aliphatic carbocycles. The van der Waals surface area contributed by atoms with Gasteiger partial charge in [-0.05, 0) is 49.6 Å². The standard InChI is InChI=1S/C17H19N3S/c1-10-5-7-13(9-11(10)2)15-16(19-20(4)17(15)18)14-8-6-12(3)21-14/h5-9H,18H2,1-4H3. The molecule has 108 valence electrons. The highest BCUT2D eigenvalue weighted by atomic mass is 32.1. The van der Waals surface area contributed by atoms with Crippen molar-refractivity contribution in [1.82, 2.24) is 9.78 Å². The zero-order valence-corrected chi connectivity index (χ0v) is 13.6. The molecule has 2 N–H and O–H groups in total. The maximum atomic E-state index is 6.27. The third kappa shape index (κ3) is 2.36. The molecule has 0 saturated heterocycles. The highest BCUT2D eigenvalue weighted by Crippen LogP contribution is 2.39. The fourth-order valence-electron chi connectivity index (χ4n) is 2.45. The summed E-state index contributed by atoms with van der Waals surface area (Å²) >= 11 is 1.75. The Kier molecular flexibility index (Phi) is 3.33. The number of nitrogen functional groups attached to an aromatic ring is 1. The van der Waals surface area contributed by atoms with Gasteiger partial charge >= 0.3 is 0 Å². The first-order valence-corrected chi connectivity index (χ1v) is 7.76. The number of rotatable bonds is 2. The quantitative estimate of drug-likeness (QED) is 0.765. The third-order valence-electron chi connectivity index (χ3n) is 3.86. The van der Waals surface area contributed by atoms with Crippen LogP contribution in [0.4, 0.5) is 5.82 Å². The predicted molar refractivity (Wildman–Crippen MR) is 90.6 cm³/mol. The second-order valence-corrected chi connectivity index (χ2v) is 6.73. The maximum absolute atomic E-state index is 6.27. The van der Waals surface area contributed by atoms with Gasteiger partial charge in [0.2, 0.25) is 0 Å². The fourth-order valence-corrected chi connectivity index (χ4v) is 3.31. The number of anilines is 1. The first-order valence-electron chi connectivity index (χ1n) is 6.94. The second-order valence-electron chi connectivity index (χ2n) is 5.44. The maximum Gasteiger partial charge on any atom is 0.129 e. The average Bonchev–Trinajstić information content (AvgIpc) is 2.99. The molecule has 0 atom stereocenters. The number of benzene rings is 1. The third-order valence-corrected chi connectivity index (χ3v) is 4.87. The predicted octanol–water partition coefficient (Wildman–Crippen LogP) is 4.32. The number of thiophene rings is 1. The molecule has 0 radical (unpaired) electrons. The van der Waals surface area contributed by atoms with Crippen molar-refractivity contribution in [3.63, 3.8) is 0 Å². The molecule has 0 spiro atoms. The molecule has 2 aromatic heterocycles. The van der Waals surface area contributed by atoms with Crippen LogP contribution in [0.2, 0.25) is 0 Å². The van der Waals surface area contributed by atoms with Gasteiger partial charge in [-0.25, -0.2) is 0 Å². The number of nitrogens with two attached hydrogens (primary N) is 1. The van der Waals surface area contributed by atoms with E-state index in [-0.39, 0.29) is 0 Å². The number of aromatic nitrogens is 2. The van der Waals surface area contributed by atoms with Crippen LogP contribution < -0.4 is 5.73 Å². The van der Waals surface area contributed by atoms with E-state index >= 15 is 0 Å². The first-order chi connectivity index (χ1) is 9.97. The lowest BCUT2D eigenvalue weighted by Crippen LogP contribution is -1.98. The lowest BCUT2D eigenvalue weighted by molar-refractivity contribution is 0.783. The van der Waals surface area contributed by atoms with E-state index in [2.05, 4.69) is 56.2 Å². The summed E-state index contributed by atoms with van der Waals surface area (Å²) in [6.45, 7) is 6.35. The van der Waals surface area contributed by atoms with Gasteiger partial charge in [0.1, 0.15) is 11.5 Å². The molecule has 0 aliphatic rings. The zero-order valence-electron chi connectivity index (χ0n) is 12.8. The van der Waals surface area contributed by atoms with Gasteiger partial charge in [-0.2, -0.15) is 5.10 Å². The topological polar surface area (TPSA) is 43.8 Å². The van der Waals surface area contributed by atoms with Gasteiger partial charge in [-0.3, -0.25) is 4.68 Å². The Morgan fingerprint density at radius 3 is 2.43 bits per heavy atom. The molecule has 0 unspecified atom stereocenters. The Bertz CT molecular complexity index is 812. The highest BCUT2D eigenvalue weighted by Gasteiger charge is 2.18. The van der Waals surface area contributed by atoms with E-state index in [1.807, 2.05) is 7.05 Å². The van der Waals surface area contributed by atoms with Crippen molar-refractivity contribution in [3.05, 3.63) is 46.3 Å². The lowest BCUT2D eigenvalue weighted by atomic mass is 10.00. The Labute approximate surface area is 129 Å². The average molecular weight is 297 g/mol. The molecule has 0 fully saturated rings. The van der Waals surface area contributed by atoms with Crippen LogP contribution in [-0.2, 0) is 7.05 Å². The second kappa shape index (κ2) is 5.04. The monoisotopic (exact) mass is 297 g/mol. The van der Waals surface area contributed by atoms with Crippen LogP contribution in [0.5, 0.6) is 0 Å². The summed E-state index contributed by atoms with van der Waals surface area (Å²) in [6, 6.07) is 10.7. The van der Waals surface area contributed by atoms with Gasteiger partial charge in [0.25, 0.3) is 0 Å². The molecular formula is C17H19N3S. The van der Waals surface area contributed by atoms with Crippen molar-refractivity contribution in [2.75, 3.05) is 5.73 Å². The van der Waals surface area contributed by atoms with Crippen LogP contribution >= 0.6 is 11.3 Å². The van der Waals surface area contributed by atoms with E-state index in [1.54, 1.807) is 16.0 Å². The van der Waals surface area contributed by atoms with Crippen LogP contribution in [-0.4, -0.2) is 9.78 Å². The minimum absolute atomic E-state index is 0.708. The Morgan fingerprint density at radius 1 is 1.05 bits per heavy atom. The molecule has 0 aliphatic heterocycles. The van der Waals surface area contributed by atoms with Crippen LogP contribution in [0.3, 0.4) is 0 Å². The van der Waals surface area contributed by atoms with Gasteiger partial charge in [0.15, 0.2) is 0 Å². The van der Waals surface area contributed by atoms with Crippen molar-refractivity contribution < 1.29 is 0 Å². The van der Waals surface area contributed by atoms with Gasteiger partial charge in [-0.1, -0.05) is 18.2 Å². The Morgan fingerprint density at radius 2 is 1.81 bits per heavy atom. The van der Waals surface area contributed by atoms with Crippen molar-refractivity contribution in [1.29, 1.82) is 0 Å². The summed E-state index contributed by atoms with van der Waals surface area (Å²) in [6.07, 6.45) is 0. The minimum atomic E-state index is 0.708. The lowest BCUT2D eigenvalue weighted by Gasteiger charge is -2.06. The zero-order chi connectivity index (χ0) is 15.1. The number of aryl methyl sites for hydroxylation is 4. The normalized spacial score (nSPS) is 11.0. The summed E-state index contributed by atoms with van der Waals surface area (Å²) in [5.41, 5.74) is 12.0.